The number of alkyl halides is 1. The third kappa shape index (κ3) is 2.38. The zero-order valence-electron chi connectivity index (χ0n) is 8.78. The highest BCUT2D eigenvalue weighted by molar-refractivity contribution is 7.99. The molecule has 1 saturated heterocycles. The summed E-state index contributed by atoms with van der Waals surface area (Å²) < 4.78 is 14.3. The van der Waals surface area contributed by atoms with E-state index in [0.717, 1.165) is 5.75 Å². The van der Waals surface area contributed by atoms with Crippen molar-refractivity contribution in [3.05, 3.63) is 35.4 Å². The molecule has 1 N–H and O–H groups in total. The Morgan fingerprint density at radius 1 is 1.44 bits per heavy atom. The van der Waals surface area contributed by atoms with Crippen LogP contribution in [0.4, 0.5) is 4.39 Å². The molecule has 1 heterocycles. The number of carbonyl (C=O) groups is 1. The Morgan fingerprint density at radius 3 is 2.62 bits per heavy atom. The molecule has 0 spiro atoms. The second kappa shape index (κ2) is 4.45. The van der Waals surface area contributed by atoms with Gasteiger partial charge < -0.3 is 5.11 Å². The van der Waals surface area contributed by atoms with Crippen molar-refractivity contribution in [3.63, 3.8) is 0 Å². The van der Waals surface area contributed by atoms with Crippen molar-refractivity contribution in [3.8, 4) is 0 Å². The number of thioether (sulfide) groups is 1. The lowest BCUT2D eigenvalue weighted by Crippen LogP contribution is -2.18. The van der Waals surface area contributed by atoms with Crippen LogP contribution >= 0.6 is 11.8 Å². The van der Waals surface area contributed by atoms with Crippen LogP contribution in [0.25, 0.3) is 0 Å². The van der Waals surface area contributed by atoms with Gasteiger partial charge >= 0.3 is 5.97 Å². The molecule has 1 aromatic carbocycles. The Kier molecular flexibility index (Phi) is 3.19. The number of hydrogen-bond donors (Lipinski definition) is 1. The fourth-order valence-electron chi connectivity index (χ4n) is 1.86. The third-order valence-corrected chi connectivity index (χ3v) is 3.95. The van der Waals surface area contributed by atoms with Gasteiger partial charge in [0.15, 0.2) is 0 Å². The van der Waals surface area contributed by atoms with Crippen LogP contribution in [-0.2, 0) is 16.9 Å². The fourth-order valence-corrected chi connectivity index (χ4v) is 3.11. The summed E-state index contributed by atoms with van der Waals surface area (Å²) in [5.74, 6) is 0.498. The molecule has 1 atom stereocenters. The zero-order valence-corrected chi connectivity index (χ0v) is 9.60. The first-order valence-electron chi connectivity index (χ1n) is 5.18. The monoisotopic (exact) mass is 240 g/mol. The lowest BCUT2D eigenvalue weighted by molar-refractivity contribution is -0.136. The van der Waals surface area contributed by atoms with Crippen LogP contribution in [0.2, 0.25) is 0 Å². The molecule has 16 heavy (non-hydrogen) atoms. The lowest BCUT2D eigenvalue weighted by Gasteiger charge is -2.18. The Morgan fingerprint density at radius 2 is 2.12 bits per heavy atom. The largest absolute Gasteiger partial charge is 0.481 e. The van der Waals surface area contributed by atoms with Gasteiger partial charge in [-0.1, -0.05) is 24.3 Å². The quantitative estimate of drug-likeness (QED) is 0.882. The first-order valence-corrected chi connectivity index (χ1v) is 6.33. The van der Waals surface area contributed by atoms with E-state index in [1.807, 2.05) is 0 Å². The van der Waals surface area contributed by atoms with Crippen LogP contribution in [0.5, 0.6) is 0 Å². The molecular formula is C12H13FO2S. The molecule has 2 nitrogen and oxygen atoms in total. The van der Waals surface area contributed by atoms with E-state index < -0.39 is 11.6 Å². The molecule has 0 radical (unpaired) electrons. The Hall–Kier alpha value is -1.03. The minimum absolute atomic E-state index is 0.00564. The number of benzene rings is 1. The van der Waals surface area contributed by atoms with E-state index in [2.05, 4.69) is 0 Å². The standard InChI is InChI=1S/C12H13FO2S/c13-12(5-6-16-8-12)10-3-1-9(2-4-10)7-11(14)15/h1-4H,5-8H2,(H,14,15). The highest BCUT2D eigenvalue weighted by Crippen LogP contribution is 2.40. The molecule has 86 valence electrons. The van der Waals surface area contributed by atoms with Gasteiger partial charge in [0.25, 0.3) is 0 Å². The first kappa shape index (κ1) is 11.5. The predicted molar refractivity (Wildman–Crippen MR) is 62.5 cm³/mol. The average molecular weight is 240 g/mol. The van der Waals surface area contributed by atoms with Gasteiger partial charge in [0, 0.05) is 5.75 Å². The molecule has 1 aliphatic rings. The molecule has 0 bridgehead atoms. The average Bonchev–Trinajstić information content (AvgIpc) is 2.66. The lowest BCUT2D eigenvalue weighted by atomic mass is 9.94. The van der Waals surface area contributed by atoms with Gasteiger partial charge in [0.05, 0.1) is 6.42 Å². The molecule has 0 amide bonds. The molecule has 1 fully saturated rings. The van der Waals surface area contributed by atoms with Gasteiger partial charge in [-0.25, -0.2) is 4.39 Å². The minimum atomic E-state index is -1.22. The summed E-state index contributed by atoms with van der Waals surface area (Å²) in [4.78, 5) is 10.5. The molecule has 0 saturated carbocycles. The van der Waals surface area contributed by atoms with Crippen LogP contribution in [0.15, 0.2) is 24.3 Å². The SMILES string of the molecule is O=C(O)Cc1ccc(C2(F)CCSC2)cc1. The summed E-state index contributed by atoms with van der Waals surface area (Å²) in [6, 6.07) is 6.83. The number of hydrogen-bond acceptors (Lipinski definition) is 2. The highest BCUT2D eigenvalue weighted by atomic mass is 32.2. The summed E-state index contributed by atoms with van der Waals surface area (Å²) in [6.45, 7) is 0. The maximum Gasteiger partial charge on any atom is 0.307 e. The summed E-state index contributed by atoms with van der Waals surface area (Å²) in [7, 11) is 0. The van der Waals surface area contributed by atoms with E-state index in [1.165, 1.54) is 0 Å². The van der Waals surface area contributed by atoms with Crippen molar-refractivity contribution < 1.29 is 14.3 Å². The topological polar surface area (TPSA) is 37.3 Å². The zero-order chi connectivity index (χ0) is 11.6. The first-order chi connectivity index (χ1) is 7.60. The number of rotatable bonds is 3. The van der Waals surface area contributed by atoms with E-state index in [0.29, 0.717) is 23.3 Å². The van der Waals surface area contributed by atoms with Gasteiger partial charge in [-0.2, -0.15) is 11.8 Å². The van der Waals surface area contributed by atoms with Crippen LogP contribution in [0, 0.1) is 0 Å². The summed E-state index contributed by atoms with van der Waals surface area (Å²) >= 11 is 1.62. The summed E-state index contributed by atoms with van der Waals surface area (Å²) in [6.07, 6.45) is 0.546. The molecule has 1 aromatic rings. The van der Waals surface area contributed by atoms with Crippen LogP contribution in [-0.4, -0.2) is 22.6 Å². The van der Waals surface area contributed by atoms with Crippen LogP contribution in [0.1, 0.15) is 17.5 Å². The molecule has 0 aliphatic carbocycles. The maximum atomic E-state index is 14.3. The van der Waals surface area contributed by atoms with Crippen molar-refractivity contribution >= 4 is 17.7 Å². The number of carboxylic acids is 1. The maximum absolute atomic E-state index is 14.3. The Labute approximate surface area is 97.9 Å². The van der Waals surface area contributed by atoms with Gasteiger partial charge in [0.2, 0.25) is 0 Å². The number of carboxylic acid groups (broad SMARTS) is 1. The van der Waals surface area contributed by atoms with Gasteiger partial charge in [-0.15, -0.1) is 0 Å². The Balaban J connectivity index is 2.15. The number of aliphatic carboxylic acids is 1. The van der Waals surface area contributed by atoms with Gasteiger partial charge in [0.1, 0.15) is 5.67 Å². The second-order valence-corrected chi connectivity index (χ2v) is 5.14. The summed E-state index contributed by atoms with van der Waals surface area (Å²) in [5.41, 5.74) is 0.170. The molecule has 0 aromatic heterocycles. The van der Waals surface area contributed by atoms with Gasteiger partial charge in [-0.05, 0) is 23.3 Å². The van der Waals surface area contributed by atoms with Crippen LogP contribution in [0.3, 0.4) is 0 Å². The van der Waals surface area contributed by atoms with Crippen molar-refractivity contribution in [2.45, 2.75) is 18.5 Å². The van der Waals surface area contributed by atoms with Crippen molar-refractivity contribution in [2.75, 3.05) is 11.5 Å². The van der Waals surface area contributed by atoms with Crippen LogP contribution < -0.4 is 0 Å². The number of halogens is 1. The third-order valence-electron chi connectivity index (χ3n) is 2.80. The van der Waals surface area contributed by atoms with Gasteiger partial charge in [-0.3, -0.25) is 4.79 Å². The minimum Gasteiger partial charge on any atom is -0.481 e. The van der Waals surface area contributed by atoms with E-state index >= 15 is 0 Å². The van der Waals surface area contributed by atoms with E-state index in [-0.39, 0.29) is 6.42 Å². The molecule has 2 rings (SSSR count). The Bertz CT molecular complexity index is 383. The summed E-state index contributed by atoms with van der Waals surface area (Å²) in [5, 5.41) is 8.62. The second-order valence-electron chi connectivity index (χ2n) is 4.04. The smallest absolute Gasteiger partial charge is 0.307 e. The normalized spacial score (nSPS) is 24.6. The fraction of sp³-hybridized carbons (Fsp3) is 0.417. The van der Waals surface area contributed by atoms with E-state index in [9.17, 15) is 9.18 Å². The molecule has 1 aliphatic heterocycles. The van der Waals surface area contributed by atoms with Crippen molar-refractivity contribution in [2.24, 2.45) is 0 Å². The van der Waals surface area contributed by atoms with E-state index in [4.69, 9.17) is 5.11 Å². The highest BCUT2D eigenvalue weighted by Gasteiger charge is 2.35. The molecular weight excluding hydrogens is 227 g/mol. The van der Waals surface area contributed by atoms with Crippen molar-refractivity contribution in [1.29, 1.82) is 0 Å². The molecule has 1 unspecified atom stereocenters. The predicted octanol–water partition coefficient (Wildman–Crippen LogP) is 2.62. The van der Waals surface area contributed by atoms with E-state index in [1.54, 1.807) is 36.0 Å². The molecule has 4 heteroatoms. The van der Waals surface area contributed by atoms with Crippen molar-refractivity contribution in [1.82, 2.24) is 0 Å².